The van der Waals surface area contributed by atoms with E-state index in [9.17, 15) is 4.79 Å². The normalized spacial score (nSPS) is 18.0. The summed E-state index contributed by atoms with van der Waals surface area (Å²) in [5, 5.41) is 0.0956. The van der Waals surface area contributed by atoms with E-state index in [-0.39, 0.29) is 11.3 Å². The van der Waals surface area contributed by atoms with Crippen molar-refractivity contribution in [1.82, 2.24) is 4.90 Å². The minimum Gasteiger partial charge on any atom is -0.497 e. The molecule has 1 atom stereocenters. The second-order valence-corrected chi connectivity index (χ2v) is 6.42. The molecule has 0 saturated carbocycles. The number of unbranched alkanes of at least 4 members (excludes halogenated alkanes) is 1. The van der Waals surface area contributed by atoms with Crippen LogP contribution >= 0.6 is 11.8 Å². The number of methoxy groups -OCH3 is 1. The van der Waals surface area contributed by atoms with Gasteiger partial charge in [-0.25, -0.2) is 0 Å². The van der Waals surface area contributed by atoms with Gasteiger partial charge in [-0.2, -0.15) is 0 Å². The molecule has 122 valence electrons. The molecule has 0 spiro atoms. The average Bonchev–Trinajstić information content (AvgIpc) is 2.92. The van der Waals surface area contributed by atoms with Crippen molar-refractivity contribution in [2.75, 3.05) is 32.6 Å². The third kappa shape index (κ3) is 4.65. The number of hydrogen-bond acceptors (Lipinski definition) is 4. The molecular weight excluding hydrogens is 298 g/mol. The molecule has 1 aromatic carbocycles. The Morgan fingerprint density at radius 3 is 2.91 bits per heavy atom. The largest absolute Gasteiger partial charge is 0.497 e. The van der Waals surface area contributed by atoms with Crippen molar-refractivity contribution in [1.29, 1.82) is 0 Å². The monoisotopic (exact) mass is 323 g/mol. The molecule has 0 aromatic heterocycles. The number of carbonyl (C=O) groups is 1. The summed E-state index contributed by atoms with van der Waals surface area (Å²) >= 11 is 1.68. The van der Waals surface area contributed by atoms with Crippen LogP contribution in [0.5, 0.6) is 5.75 Å². The van der Waals surface area contributed by atoms with Crippen molar-refractivity contribution in [3.8, 4) is 5.75 Å². The molecule has 4 nitrogen and oxygen atoms in total. The summed E-state index contributed by atoms with van der Waals surface area (Å²) in [6, 6.07) is 7.98. The maximum atomic E-state index is 12.1. The molecule has 1 saturated heterocycles. The Balaban J connectivity index is 1.88. The molecule has 2 rings (SSSR count). The van der Waals surface area contributed by atoms with Gasteiger partial charge in [-0.05, 0) is 30.5 Å². The standard InChI is InChI=1S/C17H25NO3S/c1-3-4-10-21-11-6-9-18-16(19)13-22-17(18)14-7-5-8-15(12-14)20-2/h5,7-8,12,17H,3-4,6,9-11,13H2,1-2H3. The molecule has 22 heavy (non-hydrogen) atoms. The Morgan fingerprint density at radius 1 is 1.32 bits per heavy atom. The van der Waals surface area contributed by atoms with Crippen LogP contribution in [0.3, 0.4) is 0 Å². The van der Waals surface area contributed by atoms with Gasteiger partial charge in [0.25, 0.3) is 0 Å². The van der Waals surface area contributed by atoms with Crippen LogP contribution in [0, 0.1) is 0 Å². The van der Waals surface area contributed by atoms with E-state index >= 15 is 0 Å². The molecule has 0 N–H and O–H groups in total. The smallest absolute Gasteiger partial charge is 0.233 e. The predicted octanol–water partition coefficient (Wildman–Crippen LogP) is 3.48. The first-order valence-electron chi connectivity index (χ1n) is 7.89. The Hall–Kier alpha value is -1.20. The zero-order valence-corrected chi connectivity index (χ0v) is 14.2. The first kappa shape index (κ1) is 17.2. The SMILES string of the molecule is CCCCOCCCN1C(=O)CSC1c1cccc(OC)c1. The van der Waals surface area contributed by atoms with Crippen molar-refractivity contribution in [2.45, 2.75) is 31.6 Å². The van der Waals surface area contributed by atoms with E-state index < -0.39 is 0 Å². The number of amides is 1. The lowest BCUT2D eigenvalue weighted by Crippen LogP contribution is -2.29. The topological polar surface area (TPSA) is 38.8 Å². The van der Waals surface area contributed by atoms with Gasteiger partial charge in [0.05, 0.1) is 12.9 Å². The molecule has 1 heterocycles. The molecule has 1 amide bonds. The van der Waals surface area contributed by atoms with Crippen molar-refractivity contribution >= 4 is 17.7 Å². The lowest BCUT2D eigenvalue weighted by Gasteiger charge is -2.24. The van der Waals surface area contributed by atoms with Gasteiger partial charge in [0, 0.05) is 19.8 Å². The summed E-state index contributed by atoms with van der Waals surface area (Å²) < 4.78 is 10.9. The number of thioether (sulfide) groups is 1. The van der Waals surface area contributed by atoms with E-state index in [0.29, 0.717) is 5.75 Å². The lowest BCUT2D eigenvalue weighted by atomic mass is 10.2. The molecule has 1 aromatic rings. The van der Waals surface area contributed by atoms with Gasteiger partial charge in [0.1, 0.15) is 11.1 Å². The van der Waals surface area contributed by atoms with Crippen molar-refractivity contribution < 1.29 is 14.3 Å². The highest BCUT2D eigenvalue weighted by Crippen LogP contribution is 2.39. The average molecular weight is 323 g/mol. The molecule has 5 heteroatoms. The van der Waals surface area contributed by atoms with Crippen LogP contribution in [0.15, 0.2) is 24.3 Å². The van der Waals surface area contributed by atoms with E-state index in [1.165, 1.54) is 0 Å². The van der Waals surface area contributed by atoms with Crippen LogP contribution < -0.4 is 4.74 Å². The molecule has 1 aliphatic rings. The highest BCUT2D eigenvalue weighted by atomic mass is 32.2. The second-order valence-electron chi connectivity index (χ2n) is 5.35. The van der Waals surface area contributed by atoms with Crippen molar-refractivity contribution in [3.63, 3.8) is 0 Å². The third-order valence-electron chi connectivity index (χ3n) is 3.68. The number of rotatable bonds is 9. The predicted molar refractivity (Wildman–Crippen MR) is 90.3 cm³/mol. The van der Waals surface area contributed by atoms with Crippen LogP contribution in [-0.2, 0) is 9.53 Å². The van der Waals surface area contributed by atoms with Gasteiger partial charge in [0.15, 0.2) is 0 Å². The molecule has 0 bridgehead atoms. The Bertz CT molecular complexity index is 481. The molecule has 0 aliphatic carbocycles. The zero-order chi connectivity index (χ0) is 15.8. The number of ether oxygens (including phenoxy) is 2. The number of hydrogen-bond donors (Lipinski definition) is 0. The van der Waals surface area contributed by atoms with Crippen LogP contribution in [0.1, 0.15) is 37.1 Å². The van der Waals surface area contributed by atoms with Gasteiger partial charge >= 0.3 is 0 Å². The molecule has 1 unspecified atom stereocenters. The highest BCUT2D eigenvalue weighted by Gasteiger charge is 2.32. The third-order valence-corrected chi connectivity index (χ3v) is 4.93. The second kappa shape index (κ2) is 9.06. The molecule has 0 radical (unpaired) electrons. The van der Waals surface area contributed by atoms with E-state index in [2.05, 4.69) is 13.0 Å². The van der Waals surface area contributed by atoms with E-state index in [0.717, 1.165) is 50.3 Å². The van der Waals surface area contributed by atoms with E-state index in [4.69, 9.17) is 9.47 Å². The maximum absolute atomic E-state index is 12.1. The summed E-state index contributed by atoms with van der Waals surface area (Å²) in [4.78, 5) is 14.1. The molecule has 1 aliphatic heterocycles. The number of benzene rings is 1. The Morgan fingerprint density at radius 2 is 2.14 bits per heavy atom. The minimum absolute atomic E-state index is 0.0956. The molecule has 1 fully saturated rings. The van der Waals surface area contributed by atoms with Gasteiger partial charge in [0.2, 0.25) is 5.91 Å². The number of nitrogens with zero attached hydrogens (tertiary/aromatic N) is 1. The van der Waals surface area contributed by atoms with Gasteiger partial charge in [-0.3, -0.25) is 4.79 Å². The van der Waals surface area contributed by atoms with Gasteiger partial charge < -0.3 is 14.4 Å². The Kier molecular flexibility index (Phi) is 7.06. The fraction of sp³-hybridized carbons (Fsp3) is 0.588. The van der Waals surface area contributed by atoms with E-state index in [1.54, 1.807) is 18.9 Å². The van der Waals surface area contributed by atoms with Gasteiger partial charge in [-0.15, -0.1) is 11.8 Å². The van der Waals surface area contributed by atoms with Crippen molar-refractivity contribution in [3.05, 3.63) is 29.8 Å². The van der Waals surface area contributed by atoms with Crippen LogP contribution in [0.25, 0.3) is 0 Å². The quantitative estimate of drug-likeness (QED) is 0.652. The minimum atomic E-state index is 0.0956. The van der Waals surface area contributed by atoms with Crippen LogP contribution in [0.4, 0.5) is 0 Å². The van der Waals surface area contributed by atoms with Gasteiger partial charge in [-0.1, -0.05) is 25.5 Å². The van der Waals surface area contributed by atoms with Crippen LogP contribution in [0.2, 0.25) is 0 Å². The summed E-state index contributed by atoms with van der Waals surface area (Å²) in [6.45, 7) is 4.44. The molecular formula is C17H25NO3S. The maximum Gasteiger partial charge on any atom is 0.233 e. The Labute approximate surface area is 137 Å². The summed E-state index contributed by atoms with van der Waals surface area (Å²) in [5.41, 5.74) is 1.13. The lowest BCUT2D eigenvalue weighted by molar-refractivity contribution is -0.128. The first-order chi connectivity index (χ1) is 10.8. The van der Waals surface area contributed by atoms with E-state index in [1.807, 2.05) is 23.1 Å². The zero-order valence-electron chi connectivity index (χ0n) is 13.4. The van der Waals surface area contributed by atoms with Crippen LogP contribution in [-0.4, -0.2) is 43.4 Å². The summed E-state index contributed by atoms with van der Waals surface area (Å²) in [7, 11) is 1.66. The fourth-order valence-electron chi connectivity index (χ4n) is 2.45. The summed E-state index contributed by atoms with van der Waals surface area (Å²) in [5.74, 6) is 1.60. The van der Waals surface area contributed by atoms with Crippen molar-refractivity contribution in [2.24, 2.45) is 0 Å². The number of carbonyl (C=O) groups excluding carboxylic acids is 1. The highest BCUT2D eigenvalue weighted by molar-refractivity contribution is 8.00. The summed E-state index contributed by atoms with van der Waals surface area (Å²) in [6.07, 6.45) is 3.14. The first-order valence-corrected chi connectivity index (χ1v) is 8.94. The fourth-order valence-corrected chi connectivity index (χ4v) is 3.66.